The Labute approximate surface area is 129 Å². The Morgan fingerprint density at radius 2 is 2.33 bits per heavy atom. The molecule has 0 spiro atoms. The number of nitrogens with one attached hydrogen (secondary N) is 1. The minimum Gasteiger partial charge on any atom is -0.381 e. The van der Waals surface area contributed by atoms with Crippen LogP contribution in [-0.2, 0) is 11.2 Å². The van der Waals surface area contributed by atoms with Gasteiger partial charge in [-0.2, -0.15) is 5.10 Å². The SMILES string of the molecule is CCCNC(Cc1ccn(C(C)CC)n1)CC1CCOC1. The molecule has 21 heavy (non-hydrogen) atoms. The molecular formula is C17H31N3O. The van der Waals surface area contributed by atoms with Crippen molar-refractivity contribution in [3.05, 3.63) is 18.0 Å². The third kappa shape index (κ3) is 5.11. The van der Waals surface area contributed by atoms with Crippen molar-refractivity contribution in [3.8, 4) is 0 Å². The lowest BCUT2D eigenvalue weighted by atomic mass is 9.96. The van der Waals surface area contributed by atoms with E-state index in [1.165, 1.54) is 25.0 Å². The summed E-state index contributed by atoms with van der Waals surface area (Å²) in [7, 11) is 0. The maximum Gasteiger partial charge on any atom is 0.0640 e. The van der Waals surface area contributed by atoms with E-state index < -0.39 is 0 Å². The zero-order chi connectivity index (χ0) is 15.1. The molecule has 2 heterocycles. The van der Waals surface area contributed by atoms with Crippen molar-refractivity contribution in [2.75, 3.05) is 19.8 Å². The van der Waals surface area contributed by atoms with Crippen LogP contribution >= 0.6 is 0 Å². The summed E-state index contributed by atoms with van der Waals surface area (Å²) in [5.41, 5.74) is 1.21. The molecule has 2 rings (SSSR count). The van der Waals surface area contributed by atoms with Crippen LogP contribution in [0.4, 0.5) is 0 Å². The topological polar surface area (TPSA) is 39.1 Å². The molecule has 0 aliphatic carbocycles. The van der Waals surface area contributed by atoms with Gasteiger partial charge in [0.2, 0.25) is 0 Å². The molecular weight excluding hydrogens is 262 g/mol. The molecule has 0 amide bonds. The van der Waals surface area contributed by atoms with E-state index >= 15 is 0 Å². The number of hydrogen-bond acceptors (Lipinski definition) is 3. The second kappa shape index (κ2) is 8.54. The van der Waals surface area contributed by atoms with Gasteiger partial charge in [-0.15, -0.1) is 0 Å². The number of aromatic nitrogens is 2. The highest BCUT2D eigenvalue weighted by atomic mass is 16.5. The Bertz CT molecular complexity index is 398. The van der Waals surface area contributed by atoms with E-state index in [2.05, 4.69) is 43.0 Å². The van der Waals surface area contributed by atoms with Gasteiger partial charge in [-0.1, -0.05) is 13.8 Å². The Morgan fingerprint density at radius 1 is 1.48 bits per heavy atom. The van der Waals surface area contributed by atoms with Gasteiger partial charge in [0.25, 0.3) is 0 Å². The van der Waals surface area contributed by atoms with Gasteiger partial charge < -0.3 is 10.1 Å². The number of rotatable bonds is 9. The van der Waals surface area contributed by atoms with Crippen LogP contribution in [0.25, 0.3) is 0 Å². The molecule has 0 radical (unpaired) electrons. The molecule has 4 nitrogen and oxygen atoms in total. The zero-order valence-corrected chi connectivity index (χ0v) is 13.8. The molecule has 1 aromatic rings. The molecule has 1 fully saturated rings. The predicted molar refractivity (Wildman–Crippen MR) is 86.6 cm³/mol. The zero-order valence-electron chi connectivity index (χ0n) is 13.8. The highest BCUT2D eigenvalue weighted by molar-refractivity contribution is 5.02. The largest absolute Gasteiger partial charge is 0.381 e. The summed E-state index contributed by atoms with van der Waals surface area (Å²) < 4.78 is 7.62. The first-order valence-electron chi connectivity index (χ1n) is 8.58. The molecule has 3 unspecified atom stereocenters. The summed E-state index contributed by atoms with van der Waals surface area (Å²) in [4.78, 5) is 0. The first-order chi connectivity index (χ1) is 10.2. The third-order valence-electron chi connectivity index (χ3n) is 4.49. The van der Waals surface area contributed by atoms with E-state index in [-0.39, 0.29) is 0 Å². The van der Waals surface area contributed by atoms with Gasteiger partial charge in [-0.3, -0.25) is 4.68 Å². The summed E-state index contributed by atoms with van der Waals surface area (Å²) >= 11 is 0. The van der Waals surface area contributed by atoms with E-state index in [1.54, 1.807) is 0 Å². The summed E-state index contributed by atoms with van der Waals surface area (Å²) in [6.07, 6.45) is 7.87. The maximum atomic E-state index is 5.52. The predicted octanol–water partition coefficient (Wildman–Crippen LogP) is 3.19. The average Bonchev–Trinajstić information content (AvgIpc) is 3.15. The van der Waals surface area contributed by atoms with Gasteiger partial charge in [0, 0.05) is 37.9 Å². The van der Waals surface area contributed by atoms with Gasteiger partial charge >= 0.3 is 0 Å². The van der Waals surface area contributed by atoms with Crippen LogP contribution < -0.4 is 5.32 Å². The summed E-state index contributed by atoms with van der Waals surface area (Å²) in [5, 5.41) is 8.44. The fourth-order valence-corrected chi connectivity index (χ4v) is 2.93. The van der Waals surface area contributed by atoms with Gasteiger partial charge in [0.05, 0.1) is 5.69 Å². The molecule has 1 aliphatic rings. The Hall–Kier alpha value is -0.870. The minimum absolute atomic E-state index is 0.490. The third-order valence-corrected chi connectivity index (χ3v) is 4.49. The van der Waals surface area contributed by atoms with Crippen molar-refractivity contribution in [1.29, 1.82) is 0 Å². The van der Waals surface area contributed by atoms with Crippen LogP contribution in [0.1, 0.15) is 58.2 Å². The number of nitrogens with zero attached hydrogens (tertiary/aromatic N) is 2. The maximum absolute atomic E-state index is 5.52. The van der Waals surface area contributed by atoms with Gasteiger partial charge in [-0.05, 0) is 51.1 Å². The van der Waals surface area contributed by atoms with Crippen molar-refractivity contribution >= 4 is 0 Å². The molecule has 120 valence electrons. The van der Waals surface area contributed by atoms with Crippen LogP contribution in [0, 0.1) is 5.92 Å². The first kappa shape index (κ1) is 16.5. The highest BCUT2D eigenvalue weighted by Gasteiger charge is 2.21. The van der Waals surface area contributed by atoms with E-state index in [9.17, 15) is 0 Å². The normalized spacial score (nSPS) is 21.6. The summed E-state index contributed by atoms with van der Waals surface area (Å²) in [5.74, 6) is 0.719. The average molecular weight is 293 g/mol. The van der Waals surface area contributed by atoms with Crippen LogP contribution in [0.15, 0.2) is 12.3 Å². The Kier molecular flexibility index (Phi) is 6.71. The van der Waals surface area contributed by atoms with Gasteiger partial charge in [-0.25, -0.2) is 0 Å². The molecule has 1 N–H and O–H groups in total. The second-order valence-electron chi connectivity index (χ2n) is 6.36. The van der Waals surface area contributed by atoms with Crippen molar-refractivity contribution in [2.24, 2.45) is 5.92 Å². The molecule has 1 aliphatic heterocycles. The highest BCUT2D eigenvalue weighted by Crippen LogP contribution is 2.20. The summed E-state index contributed by atoms with van der Waals surface area (Å²) in [6.45, 7) is 9.61. The Balaban J connectivity index is 1.91. The van der Waals surface area contributed by atoms with Crippen molar-refractivity contribution in [2.45, 2.75) is 65.0 Å². The molecule has 3 atom stereocenters. The van der Waals surface area contributed by atoms with E-state index in [0.29, 0.717) is 12.1 Å². The standard InChI is InChI=1S/C17H31N3O/c1-4-8-18-17(11-15-7-10-21-13-15)12-16-6-9-20(19-16)14(3)5-2/h6,9,14-15,17-18H,4-5,7-8,10-13H2,1-3H3. The molecule has 4 heteroatoms. The quantitative estimate of drug-likeness (QED) is 0.760. The van der Waals surface area contributed by atoms with Crippen LogP contribution in [0.2, 0.25) is 0 Å². The lowest BCUT2D eigenvalue weighted by Crippen LogP contribution is -2.34. The monoisotopic (exact) mass is 293 g/mol. The molecule has 0 aromatic carbocycles. The van der Waals surface area contributed by atoms with Crippen LogP contribution in [0.3, 0.4) is 0 Å². The number of hydrogen-bond donors (Lipinski definition) is 1. The molecule has 1 saturated heterocycles. The summed E-state index contributed by atoms with van der Waals surface area (Å²) in [6, 6.07) is 3.19. The van der Waals surface area contributed by atoms with E-state index in [1.807, 2.05) is 0 Å². The molecule has 1 aromatic heterocycles. The Morgan fingerprint density at radius 3 is 3.00 bits per heavy atom. The van der Waals surface area contributed by atoms with Crippen molar-refractivity contribution in [1.82, 2.24) is 15.1 Å². The van der Waals surface area contributed by atoms with Crippen LogP contribution in [-0.4, -0.2) is 35.6 Å². The van der Waals surface area contributed by atoms with Crippen LogP contribution in [0.5, 0.6) is 0 Å². The minimum atomic E-state index is 0.490. The fourth-order valence-electron chi connectivity index (χ4n) is 2.93. The smallest absolute Gasteiger partial charge is 0.0640 e. The molecule has 0 saturated carbocycles. The van der Waals surface area contributed by atoms with Gasteiger partial charge in [0.1, 0.15) is 0 Å². The van der Waals surface area contributed by atoms with Crippen molar-refractivity contribution < 1.29 is 4.74 Å². The first-order valence-corrected chi connectivity index (χ1v) is 8.58. The lowest BCUT2D eigenvalue weighted by molar-refractivity contribution is 0.181. The lowest BCUT2D eigenvalue weighted by Gasteiger charge is -2.20. The fraction of sp³-hybridized carbons (Fsp3) is 0.824. The van der Waals surface area contributed by atoms with E-state index in [0.717, 1.165) is 38.5 Å². The van der Waals surface area contributed by atoms with Gasteiger partial charge in [0.15, 0.2) is 0 Å². The van der Waals surface area contributed by atoms with E-state index in [4.69, 9.17) is 9.84 Å². The van der Waals surface area contributed by atoms with Crippen molar-refractivity contribution in [3.63, 3.8) is 0 Å². The second-order valence-corrected chi connectivity index (χ2v) is 6.36. The number of ether oxygens (including phenoxy) is 1. The molecule has 0 bridgehead atoms.